The van der Waals surface area contributed by atoms with Gasteiger partial charge in [-0.25, -0.2) is 9.59 Å². The first-order chi connectivity index (χ1) is 8.24. The molecule has 1 aromatic heterocycles. The molecule has 0 unspecified atom stereocenters. The zero-order valence-electron chi connectivity index (χ0n) is 9.51. The van der Waals surface area contributed by atoms with E-state index in [9.17, 15) is 9.59 Å². The van der Waals surface area contributed by atoms with Gasteiger partial charge in [0.2, 0.25) is 0 Å². The molecular formula is C12H13NO4. The summed E-state index contributed by atoms with van der Waals surface area (Å²) in [7, 11) is 1.60. The third-order valence-corrected chi connectivity index (χ3v) is 2.55. The molecule has 0 N–H and O–H groups in total. The van der Waals surface area contributed by atoms with E-state index in [-0.39, 0.29) is 0 Å². The van der Waals surface area contributed by atoms with Crippen LogP contribution in [-0.4, -0.2) is 18.3 Å². The van der Waals surface area contributed by atoms with Crippen LogP contribution in [0.1, 0.15) is 6.42 Å². The standard InChI is InChI=1S/C12H13NO4/c1-16-8-4-7-13-10-6-3-2-5-9(10)11(14)17-12(13)15/h2-3,5-6H,4,7-8H2,1H3. The number of hydrogen-bond donors (Lipinski definition) is 0. The minimum absolute atomic E-state index is 0.421. The van der Waals surface area contributed by atoms with Crippen LogP contribution in [0.25, 0.3) is 10.9 Å². The number of benzene rings is 1. The Morgan fingerprint density at radius 2 is 2.06 bits per heavy atom. The molecule has 0 bridgehead atoms. The van der Waals surface area contributed by atoms with Crippen molar-refractivity contribution in [3.8, 4) is 0 Å². The summed E-state index contributed by atoms with van der Waals surface area (Å²) in [6.45, 7) is 1.02. The van der Waals surface area contributed by atoms with Crippen LogP contribution in [0.3, 0.4) is 0 Å². The molecule has 0 aliphatic heterocycles. The number of nitrogens with zero attached hydrogens (tertiary/aromatic N) is 1. The number of hydrogen-bond acceptors (Lipinski definition) is 4. The van der Waals surface area contributed by atoms with Gasteiger partial charge in [-0.3, -0.25) is 4.57 Å². The molecule has 2 rings (SSSR count). The van der Waals surface area contributed by atoms with Crippen LogP contribution in [0.5, 0.6) is 0 Å². The highest BCUT2D eigenvalue weighted by Crippen LogP contribution is 2.07. The van der Waals surface area contributed by atoms with Crippen LogP contribution in [0.15, 0.2) is 38.3 Å². The minimum Gasteiger partial charge on any atom is -0.385 e. The Hall–Kier alpha value is -1.88. The second-order valence-corrected chi connectivity index (χ2v) is 3.67. The van der Waals surface area contributed by atoms with Gasteiger partial charge in [0.15, 0.2) is 0 Å². The highest BCUT2D eigenvalue weighted by atomic mass is 16.5. The Kier molecular flexibility index (Phi) is 3.39. The first-order valence-corrected chi connectivity index (χ1v) is 5.35. The largest absolute Gasteiger partial charge is 0.422 e. The molecule has 0 saturated carbocycles. The fourth-order valence-electron chi connectivity index (χ4n) is 1.75. The normalized spacial score (nSPS) is 10.9. The van der Waals surface area contributed by atoms with Crippen LogP contribution in [0, 0.1) is 0 Å². The van der Waals surface area contributed by atoms with E-state index in [1.165, 1.54) is 4.57 Å². The molecule has 0 aliphatic rings. The average Bonchev–Trinajstić information content (AvgIpc) is 2.33. The van der Waals surface area contributed by atoms with Crippen molar-refractivity contribution < 1.29 is 9.15 Å². The SMILES string of the molecule is COCCCn1c(=O)oc(=O)c2ccccc21. The maximum absolute atomic E-state index is 11.6. The fourth-order valence-corrected chi connectivity index (χ4v) is 1.75. The molecule has 0 radical (unpaired) electrons. The summed E-state index contributed by atoms with van der Waals surface area (Å²) in [5.74, 6) is -0.621. The molecule has 0 fully saturated rings. The molecule has 0 saturated heterocycles. The first kappa shape index (κ1) is 11.6. The van der Waals surface area contributed by atoms with Gasteiger partial charge >= 0.3 is 11.4 Å². The van der Waals surface area contributed by atoms with Gasteiger partial charge in [-0.05, 0) is 18.6 Å². The summed E-state index contributed by atoms with van der Waals surface area (Å²) in [6.07, 6.45) is 0.689. The Morgan fingerprint density at radius 1 is 1.29 bits per heavy atom. The Morgan fingerprint density at radius 3 is 2.82 bits per heavy atom. The zero-order valence-corrected chi connectivity index (χ0v) is 9.51. The average molecular weight is 235 g/mol. The summed E-state index contributed by atoms with van der Waals surface area (Å²) >= 11 is 0. The smallest absolute Gasteiger partial charge is 0.385 e. The van der Waals surface area contributed by atoms with Crippen molar-refractivity contribution in [2.24, 2.45) is 0 Å². The van der Waals surface area contributed by atoms with Gasteiger partial charge in [-0.15, -0.1) is 0 Å². The maximum Gasteiger partial charge on any atom is 0.422 e. The number of rotatable bonds is 4. The molecular weight excluding hydrogens is 222 g/mol. The quantitative estimate of drug-likeness (QED) is 0.741. The van der Waals surface area contributed by atoms with Gasteiger partial charge in [-0.2, -0.15) is 0 Å². The summed E-state index contributed by atoms with van der Waals surface area (Å²) in [5.41, 5.74) is 0.0124. The van der Waals surface area contributed by atoms with Gasteiger partial charge < -0.3 is 9.15 Å². The third kappa shape index (κ3) is 2.29. The van der Waals surface area contributed by atoms with E-state index in [0.29, 0.717) is 30.5 Å². The Bertz CT molecular complexity index is 626. The van der Waals surface area contributed by atoms with Crippen molar-refractivity contribution in [3.05, 3.63) is 45.2 Å². The molecule has 5 heteroatoms. The molecule has 0 spiro atoms. The highest BCUT2D eigenvalue weighted by molar-refractivity contribution is 5.77. The predicted octanol–water partition coefficient (Wildman–Crippen LogP) is 0.991. The molecule has 0 atom stereocenters. The van der Waals surface area contributed by atoms with Crippen molar-refractivity contribution in [1.29, 1.82) is 0 Å². The predicted molar refractivity (Wildman–Crippen MR) is 63.2 cm³/mol. The van der Waals surface area contributed by atoms with E-state index in [4.69, 9.17) is 4.74 Å². The Balaban J connectivity index is 2.54. The van der Waals surface area contributed by atoms with E-state index in [1.54, 1.807) is 31.4 Å². The van der Waals surface area contributed by atoms with Crippen molar-refractivity contribution in [2.45, 2.75) is 13.0 Å². The van der Waals surface area contributed by atoms with E-state index < -0.39 is 11.4 Å². The molecule has 1 aromatic carbocycles. The summed E-state index contributed by atoms with van der Waals surface area (Å²) in [5, 5.41) is 0.421. The molecule has 1 heterocycles. The topological polar surface area (TPSA) is 61.4 Å². The fraction of sp³-hybridized carbons (Fsp3) is 0.333. The number of fused-ring (bicyclic) bond motifs is 1. The van der Waals surface area contributed by atoms with E-state index >= 15 is 0 Å². The van der Waals surface area contributed by atoms with Crippen molar-refractivity contribution >= 4 is 10.9 Å². The first-order valence-electron chi connectivity index (χ1n) is 5.35. The summed E-state index contributed by atoms with van der Waals surface area (Å²) < 4.78 is 11.0. The monoisotopic (exact) mass is 235 g/mol. The number of ether oxygens (including phenoxy) is 1. The van der Waals surface area contributed by atoms with E-state index in [1.807, 2.05) is 0 Å². The number of para-hydroxylation sites is 1. The maximum atomic E-state index is 11.6. The number of aryl methyl sites for hydroxylation is 1. The van der Waals surface area contributed by atoms with Crippen LogP contribution in [0.2, 0.25) is 0 Å². The minimum atomic E-state index is -0.621. The Labute approximate surface area is 97.2 Å². The lowest BCUT2D eigenvalue weighted by molar-refractivity contribution is 0.189. The van der Waals surface area contributed by atoms with E-state index in [0.717, 1.165) is 0 Å². The summed E-state index contributed by atoms with van der Waals surface area (Å²) in [4.78, 5) is 23.1. The van der Waals surface area contributed by atoms with Crippen LogP contribution >= 0.6 is 0 Å². The summed E-state index contributed by atoms with van der Waals surface area (Å²) in [6, 6.07) is 6.91. The second kappa shape index (κ2) is 4.97. The molecule has 90 valence electrons. The lowest BCUT2D eigenvalue weighted by Crippen LogP contribution is -2.25. The van der Waals surface area contributed by atoms with Gasteiger partial charge in [0.05, 0.1) is 10.9 Å². The van der Waals surface area contributed by atoms with Gasteiger partial charge in [0.1, 0.15) is 0 Å². The molecule has 17 heavy (non-hydrogen) atoms. The zero-order chi connectivity index (χ0) is 12.3. The van der Waals surface area contributed by atoms with Gasteiger partial charge in [0, 0.05) is 20.3 Å². The van der Waals surface area contributed by atoms with Crippen molar-refractivity contribution in [2.75, 3.05) is 13.7 Å². The van der Waals surface area contributed by atoms with Crippen LogP contribution in [0.4, 0.5) is 0 Å². The molecule has 2 aromatic rings. The van der Waals surface area contributed by atoms with E-state index in [2.05, 4.69) is 4.42 Å². The molecule has 5 nitrogen and oxygen atoms in total. The van der Waals surface area contributed by atoms with Crippen LogP contribution < -0.4 is 11.4 Å². The van der Waals surface area contributed by atoms with Crippen LogP contribution in [-0.2, 0) is 11.3 Å². The lowest BCUT2D eigenvalue weighted by Gasteiger charge is -2.07. The third-order valence-electron chi connectivity index (χ3n) is 2.55. The van der Waals surface area contributed by atoms with Gasteiger partial charge in [0.25, 0.3) is 0 Å². The van der Waals surface area contributed by atoms with Gasteiger partial charge in [-0.1, -0.05) is 12.1 Å². The molecule has 0 amide bonds. The number of aromatic nitrogens is 1. The van der Waals surface area contributed by atoms with Crippen molar-refractivity contribution in [1.82, 2.24) is 4.57 Å². The lowest BCUT2D eigenvalue weighted by atomic mass is 10.2. The molecule has 0 aliphatic carbocycles. The second-order valence-electron chi connectivity index (χ2n) is 3.67. The number of methoxy groups -OCH3 is 1. The van der Waals surface area contributed by atoms with Crippen molar-refractivity contribution in [3.63, 3.8) is 0 Å². The highest BCUT2D eigenvalue weighted by Gasteiger charge is 2.07.